The van der Waals surface area contributed by atoms with E-state index in [1.807, 2.05) is 30.3 Å². The van der Waals surface area contributed by atoms with Crippen LogP contribution in [0, 0.1) is 5.92 Å². The van der Waals surface area contributed by atoms with Crippen molar-refractivity contribution < 1.29 is 14.6 Å². The SMILES string of the molecule is O=C(O)N1CCC(CCOc2ccc3cccnc3c2)CC1. The summed E-state index contributed by atoms with van der Waals surface area (Å²) < 4.78 is 5.82. The largest absolute Gasteiger partial charge is 0.494 e. The highest BCUT2D eigenvalue weighted by Crippen LogP contribution is 2.22. The fourth-order valence-corrected chi connectivity index (χ4v) is 2.89. The molecule has 1 aromatic heterocycles. The van der Waals surface area contributed by atoms with Gasteiger partial charge in [0.2, 0.25) is 0 Å². The highest BCUT2D eigenvalue weighted by molar-refractivity contribution is 5.79. The minimum absolute atomic E-state index is 0.550. The summed E-state index contributed by atoms with van der Waals surface area (Å²) in [5.41, 5.74) is 0.940. The van der Waals surface area contributed by atoms with Crippen LogP contribution in [0.3, 0.4) is 0 Å². The predicted octanol–water partition coefficient (Wildman–Crippen LogP) is 3.39. The number of carbonyl (C=O) groups is 1. The number of fused-ring (bicyclic) bond motifs is 1. The average molecular weight is 300 g/mol. The summed E-state index contributed by atoms with van der Waals surface area (Å²) in [5.74, 6) is 1.39. The quantitative estimate of drug-likeness (QED) is 0.940. The summed E-state index contributed by atoms with van der Waals surface area (Å²) in [4.78, 5) is 16.7. The van der Waals surface area contributed by atoms with E-state index in [9.17, 15) is 4.79 Å². The summed E-state index contributed by atoms with van der Waals surface area (Å²) in [6.45, 7) is 1.94. The molecule has 1 saturated heterocycles. The van der Waals surface area contributed by atoms with Crippen LogP contribution in [0.1, 0.15) is 19.3 Å². The van der Waals surface area contributed by atoms with Crippen molar-refractivity contribution in [3.8, 4) is 5.75 Å². The molecule has 5 heteroatoms. The number of ether oxygens (including phenoxy) is 1. The van der Waals surface area contributed by atoms with Crippen LogP contribution in [0.25, 0.3) is 10.9 Å². The van der Waals surface area contributed by atoms with Gasteiger partial charge < -0.3 is 14.7 Å². The van der Waals surface area contributed by atoms with Crippen LogP contribution in [0.2, 0.25) is 0 Å². The maximum atomic E-state index is 10.9. The van der Waals surface area contributed by atoms with Crippen LogP contribution >= 0.6 is 0 Å². The Bertz CT molecular complexity index is 651. The van der Waals surface area contributed by atoms with Gasteiger partial charge in [-0.15, -0.1) is 0 Å². The van der Waals surface area contributed by atoms with Gasteiger partial charge in [0.15, 0.2) is 0 Å². The second kappa shape index (κ2) is 6.64. The number of aromatic nitrogens is 1. The molecule has 0 bridgehead atoms. The van der Waals surface area contributed by atoms with E-state index in [2.05, 4.69) is 4.98 Å². The fourth-order valence-electron chi connectivity index (χ4n) is 2.89. The molecule has 2 aromatic rings. The molecular formula is C17H20N2O3. The van der Waals surface area contributed by atoms with Crippen molar-refractivity contribution in [3.05, 3.63) is 36.5 Å². The maximum absolute atomic E-state index is 10.9. The smallest absolute Gasteiger partial charge is 0.407 e. The van der Waals surface area contributed by atoms with Crippen LogP contribution in [0.15, 0.2) is 36.5 Å². The third-order valence-electron chi connectivity index (χ3n) is 4.26. The number of pyridine rings is 1. The second-order valence-electron chi connectivity index (χ2n) is 5.71. The minimum Gasteiger partial charge on any atom is -0.494 e. The van der Waals surface area contributed by atoms with E-state index in [-0.39, 0.29) is 0 Å². The summed E-state index contributed by atoms with van der Waals surface area (Å²) in [6.07, 6.45) is 3.79. The minimum atomic E-state index is -0.807. The lowest BCUT2D eigenvalue weighted by atomic mass is 9.94. The molecule has 1 aliphatic rings. The highest BCUT2D eigenvalue weighted by Gasteiger charge is 2.21. The van der Waals surface area contributed by atoms with E-state index in [1.54, 1.807) is 6.20 Å². The van der Waals surface area contributed by atoms with Gasteiger partial charge in [0.05, 0.1) is 12.1 Å². The Morgan fingerprint density at radius 2 is 2.14 bits per heavy atom. The molecule has 5 nitrogen and oxygen atoms in total. The molecule has 0 radical (unpaired) electrons. The van der Waals surface area contributed by atoms with Gasteiger partial charge in [-0.3, -0.25) is 4.98 Å². The van der Waals surface area contributed by atoms with Crippen molar-refractivity contribution in [2.45, 2.75) is 19.3 Å². The Morgan fingerprint density at radius 3 is 2.91 bits per heavy atom. The number of piperidine rings is 1. The van der Waals surface area contributed by atoms with Crippen LogP contribution in [0.4, 0.5) is 4.79 Å². The predicted molar refractivity (Wildman–Crippen MR) is 84.2 cm³/mol. The van der Waals surface area contributed by atoms with Crippen LogP contribution in [-0.2, 0) is 0 Å². The third-order valence-corrected chi connectivity index (χ3v) is 4.26. The first-order chi connectivity index (χ1) is 10.7. The Labute approximate surface area is 129 Å². The Morgan fingerprint density at radius 1 is 1.32 bits per heavy atom. The van der Waals surface area contributed by atoms with Crippen molar-refractivity contribution in [1.29, 1.82) is 0 Å². The molecule has 1 aliphatic heterocycles. The zero-order chi connectivity index (χ0) is 15.4. The number of carboxylic acid groups (broad SMARTS) is 1. The maximum Gasteiger partial charge on any atom is 0.407 e. The number of hydrogen-bond acceptors (Lipinski definition) is 3. The van der Waals surface area contributed by atoms with E-state index in [1.165, 1.54) is 4.90 Å². The van der Waals surface area contributed by atoms with Gasteiger partial charge in [-0.05, 0) is 43.4 Å². The molecule has 0 spiro atoms. The molecule has 116 valence electrons. The molecule has 0 atom stereocenters. The van der Waals surface area contributed by atoms with Gasteiger partial charge in [-0.1, -0.05) is 6.07 Å². The molecule has 1 N–H and O–H groups in total. The van der Waals surface area contributed by atoms with E-state index in [0.29, 0.717) is 25.6 Å². The van der Waals surface area contributed by atoms with Crippen molar-refractivity contribution in [2.75, 3.05) is 19.7 Å². The van der Waals surface area contributed by atoms with Crippen molar-refractivity contribution >= 4 is 17.0 Å². The van der Waals surface area contributed by atoms with E-state index >= 15 is 0 Å². The van der Waals surface area contributed by atoms with Crippen LogP contribution in [0.5, 0.6) is 5.75 Å². The normalized spacial score (nSPS) is 15.9. The van der Waals surface area contributed by atoms with Gasteiger partial charge in [-0.2, -0.15) is 0 Å². The summed E-state index contributed by atoms with van der Waals surface area (Å²) in [7, 11) is 0. The lowest BCUT2D eigenvalue weighted by Crippen LogP contribution is -2.37. The Balaban J connectivity index is 1.47. The van der Waals surface area contributed by atoms with Gasteiger partial charge >= 0.3 is 6.09 Å². The third kappa shape index (κ3) is 3.47. The summed E-state index contributed by atoms with van der Waals surface area (Å²) >= 11 is 0. The molecular weight excluding hydrogens is 280 g/mol. The van der Waals surface area contributed by atoms with Crippen molar-refractivity contribution in [3.63, 3.8) is 0 Å². The number of benzene rings is 1. The molecule has 3 rings (SSSR count). The number of amides is 1. The Kier molecular flexibility index (Phi) is 4.42. The summed E-state index contributed by atoms with van der Waals surface area (Å²) in [6, 6.07) is 9.90. The second-order valence-corrected chi connectivity index (χ2v) is 5.71. The molecule has 1 amide bonds. The standard InChI is InChI=1S/C17H20N2O3/c20-17(21)19-9-5-13(6-10-19)7-11-22-15-4-3-14-2-1-8-18-16(14)12-15/h1-4,8,12-13H,5-7,9-11H2,(H,20,21). The lowest BCUT2D eigenvalue weighted by Gasteiger charge is -2.29. The van der Waals surface area contributed by atoms with Gasteiger partial charge in [0.25, 0.3) is 0 Å². The van der Waals surface area contributed by atoms with Crippen molar-refractivity contribution in [2.24, 2.45) is 5.92 Å². The zero-order valence-corrected chi connectivity index (χ0v) is 12.4. The van der Waals surface area contributed by atoms with Gasteiger partial charge in [-0.25, -0.2) is 4.79 Å². The molecule has 2 heterocycles. The number of hydrogen-bond donors (Lipinski definition) is 1. The monoisotopic (exact) mass is 300 g/mol. The summed E-state index contributed by atoms with van der Waals surface area (Å²) in [5, 5.41) is 10.0. The number of likely N-dealkylation sites (tertiary alicyclic amines) is 1. The fraction of sp³-hybridized carbons (Fsp3) is 0.412. The number of nitrogens with zero attached hydrogens (tertiary/aromatic N) is 2. The van der Waals surface area contributed by atoms with Gasteiger partial charge in [0.1, 0.15) is 5.75 Å². The van der Waals surface area contributed by atoms with E-state index < -0.39 is 6.09 Å². The first kappa shape index (κ1) is 14.6. The molecule has 22 heavy (non-hydrogen) atoms. The van der Waals surface area contributed by atoms with Crippen LogP contribution < -0.4 is 4.74 Å². The number of rotatable bonds is 4. The first-order valence-electron chi connectivity index (χ1n) is 7.68. The topological polar surface area (TPSA) is 62.7 Å². The van der Waals surface area contributed by atoms with E-state index in [0.717, 1.165) is 35.9 Å². The van der Waals surface area contributed by atoms with Crippen molar-refractivity contribution in [1.82, 2.24) is 9.88 Å². The highest BCUT2D eigenvalue weighted by atomic mass is 16.5. The molecule has 1 fully saturated rings. The lowest BCUT2D eigenvalue weighted by molar-refractivity contribution is 0.119. The van der Waals surface area contributed by atoms with E-state index in [4.69, 9.17) is 9.84 Å². The first-order valence-corrected chi connectivity index (χ1v) is 7.68. The molecule has 1 aromatic carbocycles. The van der Waals surface area contributed by atoms with Gasteiger partial charge in [0, 0.05) is 30.7 Å². The molecule has 0 saturated carbocycles. The Hall–Kier alpha value is -2.30. The molecule has 0 unspecified atom stereocenters. The van der Waals surface area contributed by atoms with Crippen LogP contribution in [-0.4, -0.2) is 40.8 Å². The zero-order valence-electron chi connectivity index (χ0n) is 12.4. The molecule has 0 aliphatic carbocycles. The average Bonchev–Trinajstić information content (AvgIpc) is 2.55.